The molecule has 0 unspecified atom stereocenters. The van der Waals surface area contributed by atoms with E-state index in [-0.39, 0.29) is 11.8 Å². The maximum absolute atomic E-state index is 11.2. The maximum Gasteiger partial charge on any atom is 0.323 e. The number of hydrogen-bond acceptors (Lipinski definition) is 3. The maximum atomic E-state index is 11.2. The Morgan fingerprint density at radius 3 is 2.31 bits per heavy atom. The summed E-state index contributed by atoms with van der Waals surface area (Å²) in [6.45, 7) is 3.83. The van der Waals surface area contributed by atoms with Gasteiger partial charge in [0.25, 0.3) is 0 Å². The van der Waals surface area contributed by atoms with Crippen LogP contribution in [0.5, 0.6) is 0 Å². The van der Waals surface area contributed by atoms with Crippen molar-refractivity contribution in [2.24, 2.45) is 17.3 Å². The molecule has 0 saturated heterocycles. The lowest BCUT2D eigenvalue weighted by molar-refractivity contribution is -0.160. The predicted octanol–water partition coefficient (Wildman–Crippen LogP) is 0.906. The highest BCUT2D eigenvalue weighted by Crippen LogP contribution is 2.57. The first-order valence-corrected chi connectivity index (χ1v) is 4.28. The summed E-state index contributed by atoms with van der Waals surface area (Å²) in [7, 11) is 1.22. The number of methoxy groups -OCH3 is 1. The van der Waals surface area contributed by atoms with Gasteiger partial charge in [0.2, 0.25) is 0 Å². The van der Waals surface area contributed by atoms with Gasteiger partial charge in [-0.25, -0.2) is 0 Å². The van der Waals surface area contributed by atoms with Gasteiger partial charge in [0.1, 0.15) is 0 Å². The Kier molecular flexibility index (Phi) is 2.32. The lowest BCUT2D eigenvalue weighted by Crippen LogP contribution is -2.30. The number of carbonyl (C=O) groups is 2. The van der Waals surface area contributed by atoms with Gasteiger partial charge < -0.3 is 9.84 Å². The van der Waals surface area contributed by atoms with Crippen molar-refractivity contribution in [3.63, 3.8) is 0 Å². The van der Waals surface area contributed by atoms with Crippen molar-refractivity contribution in [1.29, 1.82) is 0 Å². The molecule has 0 aliphatic heterocycles. The third-order valence-electron chi connectivity index (χ3n) is 2.75. The predicted molar refractivity (Wildman–Crippen MR) is 45.0 cm³/mol. The molecule has 0 bridgehead atoms. The van der Waals surface area contributed by atoms with Crippen LogP contribution in [0.1, 0.15) is 20.3 Å². The van der Waals surface area contributed by atoms with Crippen LogP contribution < -0.4 is 0 Å². The first kappa shape index (κ1) is 10.0. The zero-order valence-corrected chi connectivity index (χ0v) is 8.03. The minimum atomic E-state index is -1.25. The van der Waals surface area contributed by atoms with Crippen LogP contribution in [0.25, 0.3) is 0 Å². The largest absolute Gasteiger partial charge is 0.480 e. The Morgan fingerprint density at radius 1 is 1.54 bits per heavy atom. The van der Waals surface area contributed by atoms with Crippen molar-refractivity contribution in [3.8, 4) is 0 Å². The average Bonchev–Trinajstić information content (AvgIpc) is 2.78. The summed E-state index contributed by atoms with van der Waals surface area (Å²) in [5.74, 6) is -1.54. The van der Waals surface area contributed by atoms with E-state index >= 15 is 0 Å². The second-order valence-electron chi connectivity index (χ2n) is 3.82. The standard InChI is InChI=1S/C9H14O4/c1-5(2)6-4-9(6,7(10)11)8(12)13-3/h5-6H,4H2,1-3H3,(H,10,11)/t6-,9-/m0/s1. The molecule has 1 aliphatic carbocycles. The third-order valence-corrected chi connectivity index (χ3v) is 2.75. The number of carbonyl (C=O) groups excluding carboxylic acids is 1. The number of carboxylic acid groups (broad SMARTS) is 1. The molecule has 74 valence electrons. The molecule has 1 N–H and O–H groups in total. The highest BCUT2D eigenvalue weighted by atomic mass is 16.5. The van der Waals surface area contributed by atoms with E-state index in [4.69, 9.17) is 5.11 Å². The zero-order chi connectivity index (χ0) is 10.2. The van der Waals surface area contributed by atoms with E-state index in [1.54, 1.807) is 0 Å². The van der Waals surface area contributed by atoms with Gasteiger partial charge >= 0.3 is 11.9 Å². The van der Waals surface area contributed by atoms with Gasteiger partial charge in [0, 0.05) is 0 Å². The summed E-state index contributed by atoms with van der Waals surface area (Å²) in [5.41, 5.74) is -1.25. The number of aliphatic carboxylic acids is 1. The van der Waals surface area contributed by atoms with E-state index in [9.17, 15) is 9.59 Å². The topological polar surface area (TPSA) is 63.6 Å². The highest BCUT2D eigenvalue weighted by Gasteiger charge is 2.68. The van der Waals surface area contributed by atoms with Crippen LogP contribution in [-0.2, 0) is 14.3 Å². The smallest absolute Gasteiger partial charge is 0.323 e. The minimum absolute atomic E-state index is 0.0718. The molecule has 0 spiro atoms. The van der Waals surface area contributed by atoms with E-state index in [0.717, 1.165) is 0 Å². The first-order valence-electron chi connectivity index (χ1n) is 4.28. The zero-order valence-electron chi connectivity index (χ0n) is 8.03. The van der Waals surface area contributed by atoms with Gasteiger partial charge in [-0.05, 0) is 18.3 Å². The fraction of sp³-hybridized carbons (Fsp3) is 0.778. The Hall–Kier alpha value is -1.06. The number of esters is 1. The molecule has 0 amide bonds. The van der Waals surface area contributed by atoms with Gasteiger partial charge in [-0.15, -0.1) is 0 Å². The molecule has 13 heavy (non-hydrogen) atoms. The lowest BCUT2D eigenvalue weighted by Gasteiger charge is -2.11. The number of ether oxygens (including phenoxy) is 1. The summed E-state index contributed by atoms with van der Waals surface area (Å²) in [5, 5.41) is 8.92. The Bertz CT molecular complexity index is 246. The SMILES string of the molecule is COC(=O)[C@@]1(C(=O)O)C[C@H]1C(C)C. The highest BCUT2D eigenvalue weighted by molar-refractivity contribution is 6.03. The van der Waals surface area contributed by atoms with Crippen LogP contribution >= 0.6 is 0 Å². The number of carboxylic acids is 1. The molecule has 0 heterocycles. The quantitative estimate of drug-likeness (QED) is 0.525. The van der Waals surface area contributed by atoms with Gasteiger partial charge in [-0.2, -0.15) is 0 Å². The fourth-order valence-electron chi connectivity index (χ4n) is 1.84. The molecule has 1 aliphatic rings. The minimum Gasteiger partial charge on any atom is -0.480 e. The third kappa shape index (κ3) is 1.30. The van der Waals surface area contributed by atoms with Crippen molar-refractivity contribution in [2.75, 3.05) is 7.11 Å². The number of hydrogen-bond donors (Lipinski definition) is 1. The molecule has 4 heteroatoms. The van der Waals surface area contributed by atoms with E-state index in [1.165, 1.54) is 7.11 Å². The summed E-state index contributed by atoms with van der Waals surface area (Å²) in [6, 6.07) is 0. The van der Waals surface area contributed by atoms with Crippen LogP contribution in [-0.4, -0.2) is 24.2 Å². The molecule has 0 aromatic heterocycles. The molecule has 1 saturated carbocycles. The second kappa shape index (κ2) is 3.01. The summed E-state index contributed by atoms with van der Waals surface area (Å²) in [4.78, 5) is 22.1. The average molecular weight is 186 g/mol. The van der Waals surface area contributed by atoms with Gasteiger partial charge in [0.15, 0.2) is 5.41 Å². The Morgan fingerprint density at radius 2 is 2.08 bits per heavy atom. The van der Waals surface area contributed by atoms with Crippen LogP contribution in [0.15, 0.2) is 0 Å². The molecule has 0 aromatic rings. The van der Waals surface area contributed by atoms with E-state index < -0.39 is 17.4 Å². The second-order valence-corrected chi connectivity index (χ2v) is 3.82. The van der Waals surface area contributed by atoms with Gasteiger partial charge in [-0.1, -0.05) is 13.8 Å². The van der Waals surface area contributed by atoms with Gasteiger partial charge in [0.05, 0.1) is 7.11 Å². The fourth-order valence-corrected chi connectivity index (χ4v) is 1.84. The Balaban J connectivity index is 2.84. The van der Waals surface area contributed by atoms with Crippen molar-refractivity contribution in [2.45, 2.75) is 20.3 Å². The molecule has 1 fully saturated rings. The molecule has 2 atom stereocenters. The van der Waals surface area contributed by atoms with Crippen LogP contribution in [0.4, 0.5) is 0 Å². The molecule has 1 rings (SSSR count). The molecule has 4 nitrogen and oxygen atoms in total. The van der Waals surface area contributed by atoms with Crippen molar-refractivity contribution in [1.82, 2.24) is 0 Å². The summed E-state index contributed by atoms with van der Waals surface area (Å²) in [6.07, 6.45) is 0.409. The van der Waals surface area contributed by atoms with Gasteiger partial charge in [-0.3, -0.25) is 9.59 Å². The lowest BCUT2D eigenvalue weighted by atomic mass is 9.97. The van der Waals surface area contributed by atoms with Crippen LogP contribution in [0, 0.1) is 17.3 Å². The summed E-state index contributed by atoms with van der Waals surface area (Å²) >= 11 is 0. The van der Waals surface area contributed by atoms with Crippen molar-refractivity contribution in [3.05, 3.63) is 0 Å². The normalized spacial score (nSPS) is 31.5. The van der Waals surface area contributed by atoms with Crippen molar-refractivity contribution < 1.29 is 19.4 Å². The van der Waals surface area contributed by atoms with Crippen molar-refractivity contribution >= 4 is 11.9 Å². The molecular weight excluding hydrogens is 172 g/mol. The van der Waals surface area contributed by atoms with Crippen LogP contribution in [0.3, 0.4) is 0 Å². The van der Waals surface area contributed by atoms with E-state index in [0.29, 0.717) is 6.42 Å². The Labute approximate surface area is 76.9 Å². The molecule has 0 radical (unpaired) electrons. The van der Waals surface area contributed by atoms with E-state index in [1.807, 2.05) is 13.8 Å². The summed E-state index contributed by atoms with van der Waals surface area (Å²) < 4.78 is 4.50. The monoisotopic (exact) mass is 186 g/mol. The van der Waals surface area contributed by atoms with Crippen LogP contribution in [0.2, 0.25) is 0 Å². The number of rotatable bonds is 3. The molecular formula is C9H14O4. The molecule has 0 aromatic carbocycles. The van der Waals surface area contributed by atoms with E-state index in [2.05, 4.69) is 4.74 Å². The first-order chi connectivity index (χ1) is 5.96.